The molecule has 0 bridgehead atoms. The van der Waals surface area contributed by atoms with Gasteiger partial charge in [0, 0.05) is 11.0 Å². The summed E-state index contributed by atoms with van der Waals surface area (Å²) in [4.78, 5) is 34.2. The number of hydrogen-bond acceptors (Lipinski definition) is 5. The topological polar surface area (TPSA) is 110 Å². The van der Waals surface area contributed by atoms with Gasteiger partial charge in [0.1, 0.15) is 11.6 Å². The Morgan fingerprint density at radius 2 is 2.14 bits per heavy atom. The van der Waals surface area contributed by atoms with E-state index < -0.39 is 22.8 Å². The fourth-order valence-electron chi connectivity index (χ4n) is 1.77. The Morgan fingerprint density at radius 1 is 1.48 bits per heavy atom. The predicted octanol–water partition coefficient (Wildman–Crippen LogP) is 2.30. The minimum Gasteiger partial charge on any atom is -0.480 e. The van der Waals surface area contributed by atoms with Crippen LogP contribution < -0.4 is 5.32 Å². The molecular formula is C13H16N2O5S. The van der Waals surface area contributed by atoms with Gasteiger partial charge in [-0.15, -0.1) is 11.8 Å². The fourth-order valence-corrected chi connectivity index (χ4v) is 2.21. The third-order valence-corrected chi connectivity index (χ3v) is 3.55. The van der Waals surface area contributed by atoms with Crippen LogP contribution in [0.15, 0.2) is 23.1 Å². The van der Waals surface area contributed by atoms with Crippen molar-refractivity contribution in [1.29, 1.82) is 0 Å². The van der Waals surface area contributed by atoms with Gasteiger partial charge in [0.2, 0.25) is 0 Å². The largest absolute Gasteiger partial charge is 0.480 e. The third kappa shape index (κ3) is 4.45. The number of carboxylic acid groups (broad SMARTS) is 1. The number of nitro groups is 1. The van der Waals surface area contributed by atoms with E-state index in [2.05, 4.69) is 5.32 Å². The molecule has 0 aromatic heterocycles. The number of aliphatic carboxylic acids is 1. The van der Waals surface area contributed by atoms with Gasteiger partial charge in [0.15, 0.2) is 0 Å². The first kappa shape index (κ1) is 17.0. The van der Waals surface area contributed by atoms with Crippen LogP contribution in [0.2, 0.25) is 0 Å². The maximum absolute atomic E-state index is 12.1. The maximum atomic E-state index is 12.1. The number of nitrogens with zero attached hydrogens (tertiary/aromatic N) is 1. The minimum absolute atomic E-state index is 0.130. The smallest absolute Gasteiger partial charge is 0.326 e. The zero-order chi connectivity index (χ0) is 16.0. The molecule has 0 saturated carbocycles. The highest BCUT2D eigenvalue weighted by molar-refractivity contribution is 7.98. The van der Waals surface area contributed by atoms with E-state index in [9.17, 15) is 19.7 Å². The van der Waals surface area contributed by atoms with Crippen LogP contribution in [0.4, 0.5) is 5.69 Å². The Kier molecular flexibility index (Phi) is 6.16. The Bertz CT molecular complexity index is 561. The number of thioether (sulfide) groups is 1. The number of carbonyl (C=O) groups excluding carboxylic acids is 1. The molecule has 2 N–H and O–H groups in total. The van der Waals surface area contributed by atoms with E-state index in [-0.39, 0.29) is 17.7 Å². The summed E-state index contributed by atoms with van der Waals surface area (Å²) in [6, 6.07) is 3.12. The highest BCUT2D eigenvalue weighted by atomic mass is 32.2. The van der Waals surface area contributed by atoms with Gasteiger partial charge in [0.25, 0.3) is 11.6 Å². The maximum Gasteiger partial charge on any atom is 0.326 e. The second kappa shape index (κ2) is 7.63. The highest BCUT2D eigenvalue weighted by Gasteiger charge is 2.25. The first-order valence-corrected chi connectivity index (χ1v) is 7.49. The van der Waals surface area contributed by atoms with Crippen molar-refractivity contribution in [3.05, 3.63) is 33.9 Å². The summed E-state index contributed by atoms with van der Waals surface area (Å²) in [5, 5.41) is 22.3. The number of rotatable bonds is 7. The lowest BCUT2D eigenvalue weighted by Gasteiger charge is -2.13. The van der Waals surface area contributed by atoms with Gasteiger partial charge in [-0.3, -0.25) is 14.9 Å². The first-order valence-electron chi connectivity index (χ1n) is 6.26. The lowest BCUT2D eigenvalue weighted by molar-refractivity contribution is -0.385. The van der Waals surface area contributed by atoms with Crippen LogP contribution in [0.3, 0.4) is 0 Å². The molecule has 7 nitrogen and oxygen atoms in total. The average Bonchev–Trinajstić information content (AvgIpc) is 2.45. The number of carbonyl (C=O) groups is 2. The van der Waals surface area contributed by atoms with E-state index in [4.69, 9.17) is 5.11 Å². The van der Waals surface area contributed by atoms with Gasteiger partial charge in [-0.25, -0.2) is 4.79 Å². The molecule has 0 fully saturated rings. The molecule has 0 aliphatic heterocycles. The Morgan fingerprint density at radius 3 is 2.62 bits per heavy atom. The van der Waals surface area contributed by atoms with Crippen molar-refractivity contribution >= 4 is 29.3 Å². The van der Waals surface area contributed by atoms with Crippen LogP contribution in [0, 0.1) is 10.1 Å². The van der Waals surface area contributed by atoms with Crippen molar-refractivity contribution in [2.24, 2.45) is 0 Å². The van der Waals surface area contributed by atoms with Crippen LogP contribution in [0.25, 0.3) is 0 Å². The van der Waals surface area contributed by atoms with E-state index in [0.29, 0.717) is 11.3 Å². The molecule has 1 aromatic carbocycles. The van der Waals surface area contributed by atoms with Gasteiger partial charge in [-0.2, -0.15) is 0 Å². The second-order valence-electron chi connectivity index (χ2n) is 4.29. The molecule has 0 heterocycles. The van der Waals surface area contributed by atoms with Crippen molar-refractivity contribution in [3.8, 4) is 0 Å². The summed E-state index contributed by atoms with van der Waals surface area (Å²) in [7, 11) is 0. The molecule has 1 atom stereocenters. The number of amides is 1. The molecular weight excluding hydrogens is 296 g/mol. The van der Waals surface area contributed by atoms with E-state index in [1.807, 2.05) is 0 Å². The number of nitrogens with one attached hydrogen (secondary N) is 1. The van der Waals surface area contributed by atoms with Crippen LogP contribution in [-0.4, -0.2) is 34.2 Å². The zero-order valence-electron chi connectivity index (χ0n) is 11.7. The molecule has 1 unspecified atom stereocenters. The van der Waals surface area contributed by atoms with E-state index >= 15 is 0 Å². The molecule has 21 heavy (non-hydrogen) atoms. The Hall–Kier alpha value is -2.09. The van der Waals surface area contributed by atoms with Gasteiger partial charge in [0.05, 0.1) is 4.92 Å². The van der Waals surface area contributed by atoms with E-state index in [1.165, 1.54) is 23.9 Å². The average molecular weight is 312 g/mol. The van der Waals surface area contributed by atoms with Gasteiger partial charge < -0.3 is 10.4 Å². The molecule has 1 aromatic rings. The number of carboxylic acids is 1. The van der Waals surface area contributed by atoms with Crippen molar-refractivity contribution in [2.75, 3.05) is 6.26 Å². The summed E-state index contributed by atoms with van der Waals surface area (Å²) < 4.78 is 0. The summed E-state index contributed by atoms with van der Waals surface area (Å²) >= 11 is 1.34. The van der Waals surface area contributed by atoms with Crippen molar-refractivity contribution in [3.63, 3.8) is 0 Å². The van der Waals surface area contributed by atoms with Gasteiger partial charge in [-0.05, 0) is 24.8 Å². The molecule has 0 aliphatic carbocycles. The fraction of sp³-hybridized carbons (Fsp3) is 0.385. The number of benzene rings is 1. The Balaban J connectivity index is 3.09. The summed E-state index contributed by atoms with van der Waals surface area (Å²) in [6.07, 6.45) is 2.61. The predicted molar refractivity (Wildman–Crippen MR) is 78.7 cm³/mol. The van der Waals surface area contributed by atoms with Crippen LogP contribution >= 0.6 is 11.8 Å². The standard InChI is InChI=1S/C13H16N2O5S/c1-3-4-10(13(17)18)14-12(16)9-7-8(21-2)5-6-11(9)15(19)20/h5-7,10H,3-4H2,1-2H3,(H,14,16)(H,17,18). The molecule has 0 aliphatic rings. The lowest BCUT2D eigenvalue weighted by atomic mass is 10.1. The van der Waals surface area contributed by atoms with Crippen molar-refractivity contribution < 1.29 is 19.6 Å². The number of hydrogen-bond donors (Lipinski definition) is 2. The van der Waals surface area contributed by atoms with Crippen molar-refractivity contribution in [1.82, 2.24) is 5.32 Å². The van der Waals surface area contributed by atoms with Crippen molar-refractivity contribution in [2.45, 2.75) is 30.7 Å². The summed E-state index contributed by atoms with van der Waals surface area (Å²) in [5.41, 5.74) is -0.472. The van der Waals surface area contributed by atoms with Gasteiger partial charge >= 0.3 is 5.97 Å². The van der Waals surface area contributed by atoms with E-state index in [0.717, 1.165) is 0 Å². The summed E-state index contributed by atoms with van der Waals surface area (Å²) in [5.74, 6) is -1.91. The molecule has 0 radical (unpaired) electrons. The molecule has 0 spiro atoms. The third-order valence-electron chi connectivity index (χ3n) is 2.83. The lowest BCUT2D eigenvalue weighted by Crippen LogP contribution is -2.40. The Labute approximate surface area is 125 Å². The van der Waals surface area contributed by atoms with Crippen LogP contribution in [-0.2, 0) is 4.79 Å². The van der Waals surface area contributed by atoms with Crippen LogP contribution in [0.5, 0.6) is 0 Å². The highest BCUT2D eigenvalue weighted by Crippen LogP contribution is 2.24. The minimum atomic E-state index is -1.16. The molecule has 8 heteroatoms. The zero-order valence-corrected chi connectivity index (χ0v) is 12.5. The first-order chi connectivity index (χ1) is 9.90. The van der Waals surface area contributed by atoms with Crippen LogP contribution in [0.1, 0.15) is 30.1 Å². The molecule has 0 saturated heterocycles. The monoisotopic (exact) mass is 312 g/mol. The summed E-state index contributed by atoms with van der Waals surface area (Å²) in [6.45, 7) is 1.79. The quantitative estimate of drug-likeness (QED) is 0.454. The molecule has 114 valence electrons. The second-order valence-corrected chi connectivity index (χ2v) is 5.17. The van der Waals surface area contributed by atoms with Gasteiger partial charge in [-0.1, -0.05) is 13.3 Å². The van der Waals surface area contributed by atoms with E-state index in [1.54, 1.807) is 19.2 Å². The SMILES string of the molecule is CCCC(NC(=O)c1cc(SC)ccc1[N+](=O)[O-])C(=O)O. The number of nitro benzene ring substituents is 1. The normalized spacial score (nSPS) is 11.7. The molecule has 1 rings (SSSR count). The molecule has 1 amide bonds.